The summed E-state index contributed by atoms with van der Waals surface area (Å²) in [7, 11) is 0. The SMILES string of the molecule is N#Cc1ccccc1Nc1nccc(N2CCC3(CC2)OCCO3)n1. The second-order valence-corrected chi connectivity index (χ2v) is 6.12. The molecule has 7 nitrogen and oxygen atoms in total. The average Bonchev–Trinajstić information content (AvgIpc) is 3.11. The number of piperidine rings is 1. The van der Waals surface area contributed by atoms with Crippen LogP contribution in [0.4, 0.5) is 17.5 Å². The van der Waals surface area contributed by atoms with E-state index in [1.165, 1.54) is 0 Å². The van der Waals surface area contributed by atoms with E-state index in [9.17, 15) is 5.26 Å². The highest BCUT2D eigenvalue weighted by Gasteiger charge is 2.40. The third-order valence-corrected chi connectivity index (χ3v) is 4.60. The maximum atomic E-state index is 9.19. The summed E-state index contributed by atoms with van der Waals surface area (Å²) in [5.41, 5.74) is 1.26. The minimum Gasteiger partial charge on any atom is -0.356 e. The molecular formula is C18H19N5O2. The first-order valence-electron chi connectivity index (χ1n) is 8.40. The molecule has 0 saturated carbocycles. The first-order valence-corrected chi connectivity index (χ1v) is 8.40. The second-order valence-electron chi connectivity index (χ2n) is 6.12. The standard InChI is InChI=1S/C18H19N5O2/c19-13-14-3-1-2-4-15(14)21-17-20-8-5-16(22-17)23-9-6-18(7-10-23)24-11-12-25-18/h1-5,8H,6-7,9-12H2,(H,20,21,22). The molecule has 0 aliphatic carbocycles. The summed E-state index contributed by atoms with van der Waals surface area (Å²) in [6.07, 6.45) is 3.39. The number of rotatable bonds is 3. The van der Waals surface area contributed by atoms with Gasteiger partial charge in [-0.05, 0) is 18.2 Å². The van der Waals surface area contributed by atoms with Gasteiger partial charge in [-0.15, -0.1) is 0 Å². The Bertz CT molecular complexity index is 788. The molecule has 7 heteroatoms. The molecular weight excluding hydrogens is 318 g/mol. The van der Waals surface area contributed by atoms with Gasteiger partial charge in [-0.2, -0.15) is 10.2 Å². The van der Waals surface area contributed by atoms with Crippen LogP contribution in [0.15, 0.2) is 36.5 Å². The molecule has 2 aliphatic rings. The Morgan fingerprint density at radius 2 is 1.88 bits per heavy atom. The molecule has 4 rings (SSSR count). The van der Waals surface area contributed by atoms with Crippen molar-refractivity contribution >= 4 is 17.5 Å². The van der Waals surface area contributed by atoms with Gasteiger partial charge in [0.2, 0.25) is 5.95 Å². The van der Waals surface area contributed by atoms with Crippen molar-refractivity contribution in [3.8, 4) is 6.07 Å². The van der Waals surface area contributed by atoms with Crippen LogP contribution < -0.4 is 10.2 Å². The maximum Gasteiger partial charge on any atom is 0.229 e. The molecule has 128 valence electrons. The largest absolute Gasteiger partial charge is 0.356 e. The van der Waals surface area contributed by atoms with E-state index in [0.717, 1.165) is 31.7 Å². The average molecular weight is 337 g/mol. The van der Waals surface area contributed by atoms with Crippen molar-refractivity contribution in [2.24, 2.45) is 0 Å². The molecule has 0 amide bonds. The molecule has 0 atom stereocenters. The van der Waals surface area contributed by atoms with Gasteiger partial charge >= 0.3 is 0 Å². The quantitative estimate of drug-likeness (QED) is 0.921. The third kappa shape index (κ3) is 3.27. The lowest BCUT2D eigenvalue weighted by Gasteiger charge is -2.38. The van der Waals surface area contributed by atoms with Gasteiger partial charge < -0.3 is 19.7 Å². The van der Waals surface area contributed by atoms with E-state index >= 15 is 0 Å². The lowest BCUT2D eigenvalue weighted by Crippen LogP contribution is -2.45. The number of benzene rings is 1. The summed E-state index contributed by atoms with van der Waals surface area (Å²) in [6.45, 7) is 3.01. The summed E-state index contributed by atoms with van der Waals surface area (Å²) < 4.78 is 11.5. The Morgan fingerprint density at radius 3 is 2.64 bits per heavy atom. The van der Waals surface area contributed by atoms with Gasteiger partial charge in [-0.3, -0.25) is 0 Å². The van der Waals surface area contributed by atoms with Crippen LogP contribution in [-0.4, -0.2) is 42.1 Å². The molecule has 0 bridgehead atoms. The summed E-state index contributed by atoms with van der Waals surface area (Å²) in [5, 5.41) is 12.3. The fourth-order valence-electron chi connectivity index (χ4n) is 3.26. The van der Waals surface area contributed by atoms with Crippen LogP contribution in [-0.2, 0) is 9.47 Å². The van der Waals surface area contributed by atoms with Crippen molar-refractivity contribution in [2.45, 2.75) is 18.6 Å². The summed E-state index contributed by atoms with van der Waals surface area (Å²) in [5.74, 6) is 0.949. The zero-order valence-electron chi connectivity index (χ0n) is 13.8. The lowest BCUT2D eigenvalue weighted by atomic mass is 10.0. The Labute approximate surface area is 146 Å². The van der Waals surface area contributed by atoms with Gasteiger partial charge in [0.1, 0.15) is 11.9 Å². The van der Waals surface area contributed by atoms with Crippen LogP contribution in [0.5, 0.6) is 0 Å². The van der Waals surface area contributed by atoms with Gasteiger partial charge in [0.15, 0.2) is 5.79 Å². The Kier molecular flexibility index (Phi) is 4.22. The molecule has 2 aliphatic heterocycles. The van der Waals surface area contributed by atoms with Crippen molar-refractivity contribution in [3.63, 3.8) is 0 Å². The van der Waals surface area contributed by atoms with Gasteiger partial charge in [0, 0.05) is 32.1 Å². The van der Waals surface area contributed by atoms with Crippen LogP contribution in [0.2, 0.25) is 0 Å². The highest BCUT2D eigenvalue weighted by molar-refractivity contribution is 5.63. The highest BCUT2D eigenvalue weighted by Crippen LogP contribution is 2.32. The molecule has 1 aromatic heterocycles. The molecule has 1 spiro atoms. The summed E-state index contributed by atoms with van der Waals surface area (Å²) in [6, 6.07) is 11.4. The molecule has 0 unspecified atom stereocenters. The van der Waals surface area contributed by atoms with Crippen molar-refractivity contribution in [2.75, 3.05) is 36.5 Å². The Hall–Kier alpha value is -2.69. The Balaban J connectivity index is 1.48. The smallest absolute Gasteiger partial charge is 0.229 e. The van der Waals surface area contributed by atoms with Crippen LogP contribution in [0.25, 0.3) is 0 Å². The number of aromatic nitrogens is 2. The van der Waals surface area contributed by atoms with Crippen LogP contribution >= 0.6 is 0 Å². The fraction of sp³-hybridized carbons (Fsp3) is 0.389. The minimum atomic E-state index is -0.393. The molecule has 2 fully saturated rings. The molecule has 2 aromatic rings. The maximum absolute atomic E-state index is 9.19. The zero-order valence-corrected chi connectivity index (χ0v) is 13.8. The molecule has 2 saturated heterocycles. The molecule has 25 heavy (non-hydrogen) atoms. The van der Waals surface area contributed by atoms with E-state index in [2.05, 4.69) is 26.3 Å². The van der Waals surface area contributed by atoms with Crippen molar-refractivity contribution in [1.82, 2.24) is 9.97 Å². The van der Waals surface area contributed by atoms with Gasteiger partial charge in [0.05, 0.1) is 24.5 Å². The van der Waals surface area contributed by atoms with Gasteiger partial charge in [0.25, 0.3) is 0 Å². The van der Waals surface area contributed by atoms with Crippen molar-refractivity contribution < 1.29 is 9.47 Å². The summed E-state index contributed by atoms with van der Waals surface area (Å²) >= 11 is 0. The van der Waals surface area contributed by atoms with Crippen LogP contribution in [0, 0.1) is 11.3 Å². The van der Waals surface area contributed by atoms with Gasteiger partial charge in [-0.25, -0.2) is 4.98 Å². The second kappa shape index (κ2) is 6.67. The van der Waals surface area contributed by atoms with E-state index in [0.29, 0.717) is 30.4 Å². The number of para-hydroxylation sites is 1. The number of hydrogen-bond acceptors (Lipinski definition) is 7. The molecule has 1 N–H and O–H groups in total. The number of nitriles is 1. The normalized spacial score (nSPS) is 18.9. The Morgan fingerprint density at radius 1 is 1.12 bits per heavy atom. The van der Waals surface area contributed by atoms with Crippen molar-refractivity contribution in [3.05, 3.63) is 42.1 Å². The number of nitrogens with zero attached hydrogens (tertiary/aromatic N) is 4. The van der Waals surface area contributed by atoms with Crippen LogP contribution in [0.1, 0.15) is 18.4 Å². The lowest BCUT2D eigenvalue weighted by molar-refractivity contribution is -0.169. The number of ether oxygens (including phenoxy) is 2. The number of nitrogens with one attached hydrogen (secondary N) is 1. The predicted molar refractivity (Wildman–Crippen MR) is 92.6 cm³/mol. The predicted octanol–water partition coefficient (Wildman–Crippen LogP) is 2.44. The first-order chi connectivity index (χ1) is 12.3. The van der Waals surface area contributed by atoms with Crippen molar-refractivity contribution in [1.29, 1.82) is 5.26 Å². The molecule has 3 heterocycles. The fourth-order valence-corrected chi connectivity index (χ4v) is 3.26. The van der Waals surface area contributed by atoms with E-state index in [4.69, 9.17) is 9.47 Å². The first kappa shape index (κ1) is 15.8. The van der Waals surface area contributed by atoms with E-state index in [1.54, 1.807) is 12.3 Å². The zero-order chi connectivity index (χ0) is 17.1. The molecule has 1 aromatic carbocycles. The monoisotopic (exact) mass is 337 g/mol. The highest BCUT2D eigenvalue weighted by atomic mass is 16.7. The van der Waals surface area contributed by atoms with Gasteiger partial charge in [-0.1, -0.05) is 12.1 Å². The molecule has 0 radical (unpaired) electrons. The third-order valence-electron chi connectivity index (χ3n) is 4.60. The topological polar surface area (TPSA) is 83.3 Å². The number of hydrogen-bond donors (Lipinski definition) is 1. The van der Waals surface area contributed by atoms with Crippen LogP contribution in [0.3, 0.4) is 0 Å². The van der Waals surface area contributed by atoms with E-state index in [1.807, 2.05) is 24.3 Å². The summed E-state index contributed by atoms with van der Waals surface area (Å²) in [4.78, 5) is 11.1. The van der Waals surface area contributed by atoms with E-state index < -0.39 is 5.79 Å². The van der Waals surface area contributed by atoms with E-state index in [-0.39, 0.29) is 0 Å². The number of anilines is 3. The minimum absolute atomic E-state index is 0.393.